The van der Waals surface area contributed by atoms with Crippen LogP contribution < -0.4 is 5.32 Å². The van der Waals surface area contributed by atoms with Crippen LogP contribution >= 0.6 is 0 Å². The molecule has 3 heteroatoms. The fourth-order valence-corrected chi connectivity index (χ4v) is 2.64. The van der Waals surface area contributed by atoms with Gasteiger partial charge in [-0.05, 0) is 30.5 Å². The Labute approximate surface area is 115 Å². The summed E-state index contributed by atoms with van der Waals surface area (Å²) in [4.78, 5) is 2.29. The van der Waals surface area contributed by atoms with E-state index in [1.165, 1.54) is 18.4 Å². The number of rotatable bonds is 7. The number of nitrogens with one attached hydrogen (secondary N) is 1. The molecule has 104 valence electrons. The summed E-state index contributed by atoms with van der Waals surface area (Å²) in [5.74, 6) is 0. The van der Waals surface area contributed by atoms with E-state index in [-0.39, 0.29) is 6.61 Å². The zero-order chi connectivity index (χ0) is 13.5. The second-order valence-electron chi connectivity index (χ2n) is 5.22. The average molecular weight is 260 g/mol. The first-order valence-corrected chi connectivity index (χ1v) is 7.09. The highest BCUT2D eigenvalue weighted by atomic mass is 16.3. The first-order chi connectivity index (χ1) is 9.29. The van der Waals surface area contributed by atoms with Crippen LogP contribution in [0.2, 0.25) is 0 Å². The number of aliphatic hydroxyl groups is 1. The molecule has 0 amide bonds. The number of hydrogen-bond acceptors (Lipinski definition) is 3. The topological polar surface area (TPSA) is 35.5 Å². The molecule has 19 heavy (non-hydrogen) atoms. The summed E-state index contributed by atoms with van der Waals surface area (Å²) >= 11 is 0. The van der Waals surface area contributed by atoms with Gasteiger partial charge in [0.15, 0.2) is 0 Å². The number of nitrogens with zero attached hydrogens (tertiary/aromatic N) is 1. The Kier molecular flexibility index (Phi) is 5.58. The van der Waals surface area contributed by atoms with Crippen molar-refractivity contribution < 1.29 is 5.11 Å². The van der Waals surface area contributed by atoms with E-state index in [0.717, 1.165) is 25.2 Å². The fourth-order valence-electron chi connectivity index (χ4n) is 2.64. The largest absolute Gasteiger partial charge is 0.395 e. The second kappa shape index (κ2) is 7.43. The second-order valence-corrected chi connectivity index (χ2v) is 5.22. The van der Waals surface area contributed by atoms with Crippen LogP contribution in [0.25, 0.3) is 5.57 Å². The molecule has 0 aliphatic carbocycles. The van der Waals surface area contributed by atoms with Gasteiger partial charge >= 0.3 is 0 Å². The fraction of sp³-hybridized carbons (Fsp3) is 0.500. The molecule has 0 aromatic heterocycles. The Morgan fingerprint density at radius 2 is 2.16 bits per heavy atom. The third-order valence-electron chi connectivity index (χ3n) is 3.65. The van der Waals surface area contributed by atoms with Gasteiger partial charge in [0.1, 0.15) is 0 Å². The van der Waals surface area contributed by atoms with Gasteiger partial charge in [-0.25, -0.2) is 0 Å². The SMILES string of the molecule is C=C(CN(CCO)CC1CCCN1)c1ccccc1. The van der Waals surface area contributed by atoms with Gasteiger partial charge in [0.2, 0.25) is 0 Å². The third-order valence-corrected chi connectivity index (χ3v) is 3.65. The maximum absolute atomic E-state index is 9.20. The van der Waals surface area contributed by atoms with Crippen molar-refractivity contribution in [3.05, 3.63) is 42.5 Å². The van der Waals surface area contributed by atoms with Crippen LogP contribution in [0.1, 0.15) is 18.4 Å². The van der Waals surface area contributed by atoms with E-state index in [1.54, 1.807) is 0 Å². The summed E-state index contributed by atoms with van der Waals surface area (Å²) in [6.45, 7) is 8.03. The Morgan fingerprint density at radius 1 is 1.37 bits per heavy atom. The Hall–Kier alpha value is -1.16. The number of benzene rings is 1. The zero-order valence-electron chi connectivity index (χ0n) is 11.5. The molecule has 0 radical (unpaired) electrons. The molecule has 3 nitrogen and oxygen atoms in total. The first kappa shape index (κ1) is 14.3. The summed E-state index contributed by atoms with van der Waals surface area (Å²) in [6.07, 6.45) is 2.50. The molecule has 1 fully saturated rings. The molecule has 1 saturated heterocycles. The molecule has 1 aromatic rings. The highest BCUT2D eigenvalue weighted by Crippen LogP contribution is 2.14. The van der Waals surface area contributed by atoms with E-state index in [4.69, 9.17) is 0 Å². The van der Waals surface area contributed by atoms with Crippen molar-refractivity contribution in [1.82, 2.24) is 10.2 Å². The molecular weight excluding hydrogens is 236 g/mol. The predicted octanol–water partition coefficient (Wildman–Crippen LogP) is 1.75. The normalized spacial score (nSPS) is 18.9. The third kappa shape index (κ3) is 4.46. The van der Waals surface area contributed by atoms with Gasteiger partial charge in [-0.2, -0.15) is 0 Å². The van der Waals surface area contributed by atoms with Gasteiger partial charge < -0.3 is 10.4 Å². The summed E-state index contributed by atoms with van der Waals surface area (Å²) in [7, 11) is 0. The quantitative estimate of drug-likeness (QED) is 0.784. The van der Waals surface area contributed by atoms with Crippen molar-refractivity contribution in [1.29, 1.82) is 0 Å². The van der Waals surface area contributed by atoms with Gasteiger partial charge in [0, 0.05) is 25.7 Å². The molecule has 2 rings (SSSR count). The van der Waals surface area contributed by atoms with E-state index in [0.29, 0.717) is 12.6 Å². The maximum Gasteiger partial charge on any atom is 0.0558 e. The van der Waals surface area contributed by atoms with E-state index >= 15 is 0 Å². The van der Waals surface area contributed by atoms with Crippen molar-refractivity contribution in [2.24, 2.45) is 0 Å². The van der Waals surface area contributed by atoms with E-state index in [9.17, 15) is 5.11 Å². The Balaban J connectivity index is 1.90. The molecule has 1 unspecified atom stereocenters. The van der Waals surface area contributed by atoms with Crippen molar-refractivity contribution in [2.45, 2.75) is 18.9 Å². The van der Waals surface area contributed by atoms with Gasteiger partial charge in [0.25, 0.3) is 0 Å². The molecule has 1 aromatic carbocycles. The molecule has 1 heterocycles. The molecule has 1 atom stereocenters. The lowest BCUT2D eigenvalue weighted by atomic mass is 10.1. The van der Waals surface area contributed by atoms with Crippen LogP contribution in [0.3, 0.4) is 0 Å². The van der Waals surface area contributed by atoms with Crippen LogP contribution in [-0.4, -0.2) is 48.8 Å². The summed E-state index contributed by atoms with van der Waals surface area (Å²) in [6, 6.07) is 10.8. The van der Waals surface area contributed by atoms with Crippen molar-refractivity contribution in [3.8, 4) is 0 Å². The van der Waals surface area contributed by atoms with Crippen LogP contribution in [-0.2, 0) is 0 Å². The summed E-state index contributed by atoms with van der Waals surface area (Å²) in [5.41, 5.74) is 2.30. The zero-order valence-corrected chi connectivity index (χ0v) is 11.5. The Morgan fingerprint density at radius 3 is 2.79 bits per heavy atom. The number of hydrogen-bond donors (Lipinski definition) is 2. The Bertz CT molecular complexity index is 385. The maximum atomic E-state index is 9.20. The van der Waals surface area contributed by atoms with Gasteiger partial charge in [-0.3, -0.25) is 4.90 Å². The molecule has 1 aliphatic heterocycles. The minimum atomic E-state index is 0.203. The van der Waals surface area contributed by atoms with Gasteiger partial charge in [-0.15, -0.1) is 0 Å². The number of aliphatic hydroxyl groups excluding tert-OH is 1. The van der Waals surface area contributed by atoms with Crippen LogP contribution in [0.4, 0.5) is 0 Å². The highest BCUT2D eigenvalue weighted by Gasteiger charge is 2.18. The first-order valence-electron chi connectivity index (χ1n) is 7.09. The van der Waals surface area contributed by atoms with E-state index < -0.39 is 0 Å². The minimum Gasteiger partial charge on any atom is -0.395 e. The van der Waals surface area contributed by atoms with Crippen molar-refractivity contribution in [3.63, 3.8) is 0 Å². The van der Waals surface area contributed by atoms with Crippen LogP contribution in [0, 0.1) is 0 Å². The molecule has 0 spiro atoms. The van der Waals surface area contributed by atoms with Crippen molar-refractivity contribution >= 4 is 5.57 Å². The highest BCUT2D eigenvalue weighted by molar-refractivity contribution is 5.64. The van der Waals surface area contributed by atoms with Gasteiger partial charge in [0.05, 0.1) is 6.61 Å². The molecule has 0 bridgehead atoms. The molecule has 0 saturated carbocycles. The smallest absolute Gasteiger partial charge is 0.0558 e. The molecule has 2 N–H and O–H groups in total. The lowest BCUT2D eigenvalue weighted by Gasteiger charge is -2.25. The minimum absolute atomic E-state index is 0.203. The predicted molar refractivity (Wildman–Crippen MR) is 80.0 cm³/mol. The van der Waals surface area contributed by atoms with Gasteiger partial charge in [-0.1, -0.05) is 36.9 Å². The van der Waals surface area contributed by atoms with E-state index in [2.05, 4.69) is 28.9 Å². The molecule has 1 aliphatic rings. The summed E-state index contributed by atoms with van der Waals surface area (Å²) < 4.78 is 0. The lowest BCUT2D eigenvalue weighted by molar-refractivity contribution is 0.200. The molecular formula is C16H24N2O. The van der Waals surface area contributed by atoms with E-state index in [1.807, 2.05) is 18.2 Å². The lowest BCUT2D eigenvalue weighted by Crippen LogP contribution is -2.39. The van der Waals surface area contributed by atoms with Crippen molar-refractivity contribution in [2.75, 3.05) is 32.8 Å². The summed E-state index contributed by atoms with van der Waals surface area (Å²) in [5, 5.41) is 12.7. The van der Waals surface area contributed by atoms with Crippen LogP contribution in [0.15, 0.2) is 36.9 Å². The average Bonchev–Trinajstić information content (AvgIpc) is 2.93. The van der Waals surface area contributed by atoms with Crippen LogP contribution in [0.5, 0.6) is 0 Å². The standard InChI is InChI=1S/C16H24N2O/c1-14(15-6-3-2-4-7-15)12-18(10-11-19)13-16-8-5-9-17-16/h2-4,6-7,16-17,19H,1,5,8-13H2. The monoisotopic (exact) mass is 260 g/mol.